The Bertz CT molecular complexity index is 559. The van der Waals surface area contributed by atoms with Crippen LogP contribution in [-0.2, 0) is 13.1 Å². The normalized spacial score (nSPS) is 13.0. The fraction of sp³-hybridized carbons (Fsp3) is 0.625. The third-order valence-electron chi connectivity index (χ3n) is 4.24. The lowest BCUT2D eigenvalue weighted by Gasteiger charge is -2.16. The molecule has 0 aliphatic rings. The van der Waals surface area contributed by atoms with Crippen LogP contribution in [0.1, 0.15) is 50.7 Å². The molecule has 1 unspecified atom stereocenters. The highest BCUT2D eigenvalue weighted by molar-refractivity contribution is 5.79. The summed E-state index contributed by atoms with van der Waals surface area (Å²) >= 11 is 0. The van der Waals surface area contributed by atoms with Gasteiger partial charge in [0.2, 0.25) is 0 Å². The van der Waals surface area contributed by atoms with Crippen molar-refractivity contribution in [2.75, 3.05) is 0 Å². The lowest BCUT2D eigenvalue weighted by atomic mass is 9.89. The molecule has 110 valence electrons. The Morgan fingerprint density at radius 1 is 1.30 bits per heavy atom. The number of rotatable bonds is 7. The van der Waals surface area contributed by atoms with Gasteiger partial charge in [0.15, 0.2) is 0 Å². The number of hydrogen-bond donors (Lipinski definition) is 1. The van der Waals surface area contributed by atoms with Crippen molar-refractivity contribution in [1.29, 1.82) is 0 Å². The molecule has 4 heteroatoms. The van der Waals surface area contributed by atoms with Gasteiger partial charge >= 0.3 is 0 Å². The van der Waals surface area contributed by atoms with Gasteiger partial charge in [0.1, 0.15) is 5.52 Å². The van der Waals surface area contributed by atoms with Crippen molar-refractivity contribution in [1.82, 2.24) is 15.0 Å². The highest BCUT2D eigenvalue weighted by atomic mass is 15.4. The molecule has 0 spiro atoms. The lowest BCUT2D eigenvalue weighted by Crippen LogP contribution is -2.08. The van der Waals surface area contributed by atoms with E-state index in [0.29, 0.717) is 6.67 Å². The fourth-order valence-corrected chi connectivity index (χ4v) is 2.82. The predicted molar refractivity (Wildman–Crippen MR) is 83.5 cm³/mol. The smallest absolute Gasteiger partial charge is 0.116 e. The molecule has 4 nitrogen and oxygen atoms in total. The van der Waals surface area contributed by atoms with E-state index < -0.39 is 0 Å². The van der Waals surface area contributed by atoms with Crippen LogP contribution in [0.25, 0.3) is 11.0 Å². The van der Waals surface area contributed by atoms with Gasteiger partial charge in [-0.3, -0.25) is 0 Å². The number of hydrogen-bond acceptors (Lipinski definition) is 3. The fourth-order valence-electron chi connectivity index (χ4n) is 2.82. The van der Waals surface area contributed by atoms with Gasteiger partial charge in [0.25, 0.3) is 0 Å². The first-order valence-corrected chi connectivity index (χ1v) is 7.72. The largest absolute Gasteiger partial charge is 0.312 e. The first kappa shape index (κ1) is 15.0. The summed E-state index contributed by atoms with van der Waals surface area (Å²) in [4.78, 5) is 0. The number of fused-ring (bicyclic) bond motifs is 1. The van der Waals surface area contributed by atoms with Gasteiger partial charge in [-0.2, -0.15) is 0 Å². The molecule has 0 saturated heterocycles. The first-order chi connectivity index (χ1) is 9.71. The van der Waals surface area contributed by atoms with Gasteiger partial charge in [0, 0.05) is 0 Å². The highest BCUT2D eigenvalue weighted by Crippen LogP contribution is 2.26. The molecule has 0 amide bonds. The van der Waals surface area contributed by atoms with Gasteiger partial charge in [-0.1, -0.05) is 50.8 Å². The van der Waals surface area contributed by atoms with Crippen LogP contribution in [0.3, 0.4) is 0 Å². The van der Waals surface area contributed by atoms with Crippen LogP contribution in [0, 0.1) is 12.8 Å². The van der Waals surface area contributed by atoms with Crippen molar-refractivity contribution in [3.8, 4) is 0 Å². The molecule has 0 radical (unpaired) electrons. The molecule has 2 aromatic rings. The summed E-state index contributed by atoms with van der Waals surface area (Å²) in [5.41, 5.74) is 10.5. The van der Waals surface area contributed by atoms with E-state index >= 15 is 0 Å². The van der Waals surface area contributed by atoms with Gasteiger partial charge in [0.05, 0.1) is 12.2 Å². The number of aryl methyl sites for hydroxylation is 1. The predicted octanol–water partition coefficient (Wildman–Crippen LogP) is 3.41. The average molecular weight is 274 g/mol. The number of unbranched alkanes of at least 4 members (excludes halogenated alkanes) is 1. The van der Waals surface area contributed by atoms with E-state index in [2.05, 4.69) is 43.2 Å². The van der Waals surface area contributed by atoms with E-state index in [0.717, 1.165) is 23.4 Å². The third-order valence-corrected chi connectivity index (χ3v) is 4.24. The van der Waals surface area contributed by atoms with E-state index in [1.54, 1.807) is 4.68 Å². The van der Waals surface area contributed by atoms with Crippen molar-refractivity contribution < 1.29 is 0 Å². The standard InChI is InChI=1S/C16H26N4/c1-4-6-7-13(5-2)10-14-12(3)8-9-15-16(14)18-19-20(15)11-17/h8-9,13H,4-7,10-11,17H2,1-3H3. The van der Waals surface area contributed by atoms with Crippen LogP contribution in [0.4, 0.5) is 0 Å². The summed E-state index contributed by atoms with van der Waals surface area (Å²) in [5, 5.41) is 8.50. The van der Waals surface area contributed by atoms with E-state index in [1.807, 2.05) is 0 Å². The van der Waals surface area contributed by atoms with Crippen LogP contribution >= 0.6 is 0 Å². The van der Waals surface area contributed by atoms with Gasteiger partial charge in [-0.25, -0.2) is 4.68 Å². The van der Waals surface area contributed by atoms with Crippen molar-refractivity contribution in [3.63, 3.8) is 0 Å². The second kappa shape index (κ2) is 6.84. The van der Waals surface area contributed by atoms with E-state index in [4.69, 9.17) is 5.73 Å². The Kier molecular flexibility index (Phi) is 5.12. The van der Waals surface area contributed by atoms with Crippen LogP contribution in [0.15, 0.2) is 12.1 Å². The van der Waals surface area contributed by atoms with Crippen LogP contribution < -0.4 is 5.73 Å². The summed E-state index contributed by atoms with van der Waals surface area (Å²) in [7, 11) is 0. The van der Waals surface area contributed by atoms with Crippen molar-refractivity contribution in [2.24, 2.45) is 11.7 Å². The second-order valence-electron chi connectivity index (χ2n) is 5.62. The van der Waals surface area contributed by atoms with Gasteiger partial charge in [-0.15, -0.1) is 5.10 Å². The zero-order valence-corrected chi connectivity index (χ0v) is 12.9. The van der Waals surface area contributed by atoms with Gasteiger partial charge in [-0.05, 0) is 36.5 Å². The van der Waals surface area contributed by atoms with Gasteiger partial charge < -0.3 is 5.73 Å². The molecule has 1 aromatic carbocycles. The Balaban J connectivity index is 2.32. The zero-order chi connectivity index (χ0) is 14.5. The number of aromatic nitrogens is 3. The zero-order valence-electron chi connectivity index (χ0n) is 12.9. The molecule has 1 heterocycles. The summed E-state index contributed by atoms with van der Waals surface area (Å²) in [5.74, 6) is 0.738. The Morgan fingerprint density at radius 3 is 2.75 bits per heavy atom. The summed E-state index contributed by atoms with van der Waals surface area (Å²) in [6.45, 7) is 7.09. The molecule has 1 aromatic heterocycles. The quantitative estimate of drug-likeness (QED) is 0.841. The summed E-state index contributed by atoms with van der Waals surface area (Å²) in [6.07, 6.45) is 6.20. The molecule has 0 aliphatic carbocycles. The Labute approximate surface area is 121 Å². The van der Waals surface area contributed by atoms with E-state index in [-0.39, 0.29) is 0 Å². The molecule has 2 rings (SSSR count). The minimum Gasteiger partial charge on any atom is -0.312 e. The molecule has 20 heavy (non-hydrogen) atoms. The molecular weight excluding hydrogens is 248 g/mol. The summed E-state index contributed by atoms with van der Waals surface area (Å²) < 4.78 is 1.77. The van der Waals surface area contributed by atoms with E-state index in [9.17, 15) is 0 Å². The maximum atomic E-state index is 5.70. The molecule has 0 bridgehead atoms. The molecule has 2 N–H and O–H groups in total. The first-order valence-electron chi connectivity index (χ1n) is 7.72. The van der Waals surface area contributed by atoms with Crippen molar-refractivity contribution >= 4 is 11.0 Å². The van der Waals surface area contributed by atoms with Crippen LogP contribution in [0.5, 0.6) is 0 Å². The van der Waals surface area contributed by atoms with Crippen molar-refractivity contribution in [3.05, 3.63) is 23.3 Å². The molecular formula is C16H26N4. The minimum absolute atomic E-state index is 0.381. The van der Waals surface area contributed by atoms with E-state index in [1.165, 1.54) is 36.8 Å². The second-order valence-corrected chi connectivity index (χ2v) is 5.62. The maximum Gasteiger partial charge on any atom is 0.116 e. The monoisotopic (exact) mass is 274 g/mol. The highest BCUT2D eigenvalue weighted by Gasteiger charge is 2.15. The molecule has 0 aliphatic heterocycles. The third kappa shape index (κ3) is 3.01. The molecule has 0 fully saturated rings. The lowest BCUT2D eigenvalue weighted by molar-refractivity contribution is 0.449. The molecule has 1 atom stereocenters. The minimum atomic E-state index is 0.381. The van der Waals surface area contributed by atoms with Crippen LogP contribution in [-0.4, -0.2) is 15.0 Å². The average Bonchev–Trinajstić information content (AvgIpc) is 2.88. The number of nitrogens with two attached hydrogens (primary N) is 1. The topological polar surface area (TPSA) is 56.7 Å². The number of benzene rings is 1. The van der Waals surface area contributed by atoms with Crippen LogP contribution in [0.2, 0.25) is 0 Å². The maximum absolute atomic E-state index is 5.70. The Hall–Kier alpha value is -1.42. The summed E-state index contributed by atoms with van der Waals surface area (Å²) in [6, 6.07) is 4.24. The Morgan fingerprint density at radius 2 is 2.10 bits per heavy atom. The van der Waals surface area contributed by atoms with Crippen molar-refractivity contribution in [2.45, 2.75) is 59.5 Å². The SMILES string of the molecule is CCCCC(CC)Cc1c(C)ccc2c1nnn2CN. The molecule has 0 saturated carbocycles. The number of nitrogens with zero attached hydrogens (tertiary/aromatic N) is 3.